The molecule has 1 atom stereocenters. The normalized spacial score (nSPS) is 17.5. The van der Waals surface area contributed by atoms with Crippen LogP contribution in [0.1, 0.15) is 17.3 Å². The molecule has 20 heavy (non-hydrogen) atoms. The van der Waals surface area contributed by atoms with Gasteiger partial charge in [-0.2, -0.15) is 0 Å². The summed E-state index contributed by atoms with van der Waals surface area (Å²) in [6.45, 7) is 6.15. The number of rotatable bonds is 5. The van der Waals surface area contributed by atoms with Crippen molar-refractivity contribution in [3.05, 3.63) is 29.8 Å². The van der Waals surface area contributed by atoms with E-state index in [1.807, 2.05) is 12.1 Å². The molecule has 1 aliphatic rings. The van der Waals surface area contributed by atoms with Crippen molar-refractivity contribution in [1.82, 2.24) is 10.2 Å². The number of carbonyl (C=O) groups is 1. The highest BCUT2D eigenvalue weighted by Crippen LogP contribution is 2.12. The Kier molecular flexibility index (Phi) is 5.38. The van der Waals surface area contributed by atoms with E-state index >= 15 is 0 Å². The van der Waals surface area contributed by atoms with Crippen molar-refractivity contribution < 1.29 is 14.3 Å². The lowest BCUT2D eigenvalue weighted by molar-refractivity contribution is 0.0204. The van der Waals surface area contributed by atoms with Gasteiger partial charge in [-0.05, 0) is 25.1 Å². The molecule has 110 valence electrons. The van der Waals surface area contributed by atoms with E-state index in [9.17, 15) is 4.79 Å². The van der Waals surface area contributed by atoms with E-state index in [-0.39, 0.29) is 5.91 Å². The van der Waals surface area contributed by atoms with Crippen LogP contribution in [-0.2, 0) is 4.74 Å². The first-order valence-electron chi connectivity index (χ1n) is 6.95. The number of hydrogen-bond donors (Lipinski definition) is 1. The topological polar surface area (TPSA) is 50.8 Å². The molecule has 1 fully saturated rings. The Balaban J connectivity index is 1.84. The van der Waals surface area contributed by atoms with Crippen LogP contribution in [0.3, 0.4) is 0 Å². The van der Waals surface area contributed by atoms with Gasteiger partial charge in [0.1, 0.15) is 5.75 Å². The minimum atomic E-state index is -0.0657. The van der Waals surface area contributed by atoms with Gasteiger partial charge in [0.2, 0.25) is 0 Å². The molecule has 1 aliphatic heterocycles. The van der Waals surface area contributed by atoms with Crippen LogP contribution in [0.25, 0.3) is 0 Å². The monoisotopic (exact) mass is 278 g/mol. The van der Waals surface area contributed by atoms with Crippen molar-refractivity contribution >= 4 is 5.91 Å². The van der Waals surface area contributed by atoms with E-state index in [0.717, 1.165) is 26.3 Å². The molecule has 0 aliphatic carbocycles. The average Bonchev–Trinajstić information content (AvgIpc) is 2.53. The fourth-order valence-corrected chi connectivity index (χ4v) is 2.25. The lowest BCUT2D eigenvalue weighted by Crippen LogP contribution is -2.47. The third kappa shape index (κ3) is 3.95. The van der Waals surface area contributed by atoms with Gasteiger partial charge in [-0.1, -0.05) is 6.07 Å². The molecule has 1 N–H and O–H groups in total. The van der Waals surface area contributed by atoms with Crippen LogP contribution in [0.2, 0.25) is 0 Å². The van der Waals surface area contributed by atoms with Crippen LogP contribution in [-0.4, -0.2) is 56.8 Å². The molecular formula is C15H22N2O3. The Bertz CT molecular complexity index is 444. The molecule has 1 saturated heterocycles. The quantitative estimate of drug-likeness (QED) is 0.877. The van der Waals surface area contributed by atoms with Crippen LogP contribution in [0, 0.1) is 0 Å². The summed E-state index contributed by atoms with van der Waals surface area (Å²) in [5.74, 6) is 0.628. The Morgan fingerprint density at radius 3 is 2.90 bits per heavy atom. The number of nitrogens with zero attached hydrogens (tertiary/aromatic N) is 1. The summed E-state index contributed by atoms with van der Waals surface area (Å²) >= 11 is 0. The van der Waals surface area contributed by atoms with Crippen molar-refractivity contribution in [3.63, 3.8) is 0 Å². The molecule has 1 heterocycles. The van der Waals surface area contributed by atoms with Crippen LogP contribution in [0.4, 0.5) is 0 Å². The number of ether oxygens (including phenoxy) is 2. The minimum Gasteiger partial charge on any atom is -0.497 e. The smallest absolute Gasteiger partial charge is 0.251 e. The second-order valence-corrected chi connectivity index (χ2v) is 4.94. The fraction of sp³-hybridized carbons (Fsp3) is 0.533. The molecule has 0 radical (unpaired) electrons. The third-order valence-corrected chi connectivity index (χ3v) is 3.56. The van der Waals surface area contributed by atoms with E-state index in [1.54, 1.807) is 19.2 Å². The SMILES string of the molecule is COc1cccc(C(=O)NCC(C)N2CCOCC2)c1. The number of nitrogens with one attached hydrogen (secondary N) is 1. The summed E-state index contributed by atoms with van der Waals surface area (Å²) in [6.07, 6.45) is 0. The number of methoxy groups -OCH3 is 1. The van der Waals surface area contributed by atoms with Crippen molar-refractivity contribution in [2.75, 3.05) is 40.0 Å². The van der Waals surface area contributed by atoms with Crippen LogP contribution in [0.5, 0.6) is 5.75 Å². The molecule has 5 nitrogen and oxygen atoms in total. The molecular weight excluding hydrogens is 256 g/mol. The second-order valence-electron chi connectivity index (χ2n) is 4.94. The van der Waals surface area contributed by atoms with E-state index in [2.05, 4.69) is 17.1 Å². The van der Waals surface area contributed by atoms with Crippen molar-refractivity contribution in [2.45, 2.75) is 13.0 Å². The molecule has 0 saturated carbocycles. The summed E-state index contributed by atoms with van der Waals surface area (Å²) < 4.78 is 10.5. The first kappa shape index (κ1) is 14.8. The predicted molar refractivity (Wildman–Crippen MR) is 77.2 cm³/mol. The first-order valence-corrected chi connectivity index (χ1v) is 6.95. The summed E-state index contributed by atoms with van der Waals surface area (Å²) in [5.41, 5.74) is 0.624. The fourth-order valence-electron chi connectivity index (χ4n) is 2.25. The zero-order chi connectivity index (χ0) is 14.4. The van der Waals surface area contributed by atoms with Crippen molar-refractivity contribution in [1.29, 1.82) is 0 Å². The molecule has 5 heteroatoms. The Morgan fingerprint density at radius 1 is 1.45 bits per heavy atom. The molecule has 0 spiro atoms. The average molecular weight is 278 g/mol. The summed E-state index contributed by atoms with van der Waals surface area (Å²) in [6, 6.07) is 7.49. The Labute approximate surface area is 119 Å². The molecule has 2 rings (SSSR count). The molecule has 1 unspecified atom stereocenters. The van der Waals surface area contributed by atoms with Gasteiger partial charge in [0.05, 0.1) is 20.3 Å². The summed E-state index contributed by atoms with van der Waals surface area (Å²) in [7, 11) is 1.59. The maximum Gasteiger partial charge on any atom is 0.251 e. The lowest BCUT2D eigenvalue weighted by Gasteiger charge is -2.32. The van der Waals surface area contributed by atoms with Gasteiger partial charge in [0, 0.05) is 31.2 Å². The van der Waals surface area contributed by atoms with E-state index in [4.69, 9.17) is 9.47 Å². The standard InChI is InChI=1S/C15H22N2O3/c1-12(17-6-8-20-9-7-17)11-16-15(18)13-4-3-5-14(10-13)19-2/h3-5,10,12H,6-9,11H2,1-2H3,(H,16,18). The van der Waals surface area contributed by atoms with Gasteiger partial charge in [0.15, 0.2) is 0 Å². The highest BCUT2D eigenvalue weighted by molar-refractivity contribution is 5.94. The van der Waals surface area contributed by atoms with Gasteiger partial charge in [-0.3, -0.25) is 9.69 Å². The predicted octanol–water partition coefficient (Wildman–Crippen LogP) is 1.15. The summed E-state index contributed by atoms with van der Waals surface area (Å²) in [5, 5.41) is 2.97. The number of hydrogen-bond acceptors (Lipinski definition) is 4. The molecule has 1 amide bonds. The number of benzene rings is 1. The maximum atomic E-state index is 12.1. The molecule has 1 aromatic carbocycles. The van der Waals surface area contributed by atoms with Gasteiger partial charge >= 0.3 is 0 Å². The highest BCUT2D eigenvalue weighted by Gasteiger charge is 2.17. The number of morpholine rings is 1. The molecule has 1 aromatic rings. The zero-order valence-electron chi connectivity index (χ0n) is 12.1. The molecule has 0 aromatic heterocycles. The van der Waals surface area contributed by atoms with Gasteiger partial charge < -0.3 is 14.8 Å². The Hall–Kier alpha value is -1.59. The zero-order valence-corrected chi connectivity index (χ0v) is 12.1. The van der Waals surface area contributed by atoms with E-state index in [1.165, 1.54) is 0 Å². The van der Waals surface area contributed by atoms with Crippen molar-refractivity contribution in [2.24, 2.45) is 0 Å². The van der Waals surface area contributed by atoms with Crippen LogP contribution < -0.4 is 10.1 Å². The second kappa shape index (κ2) is 7.26. The van der Waals surface area contributed by atoms with Gasteiger partial charge in [-0.15, -0.1) is 0 Å². The third-order valence-electron chi connectivity index (χ3n) is 3.56. The Morgan fingerprint density at radius 2 is 2.20 bits per heavy atom. The number of carbonyl (C=O) groups excluding carboxylic acids is 1. The van der Waals surface area contributed by atoms with Crippen LogP contribution >= 0.6 is 0 Å². The molecule has 0 bridgehead atoms. The van der Waals surface area contributed by atoms with E-state index < -0.39 is 0 Å². The van der Waals surface area contributed by atoms with E-state index in [0.29, 0.717) is 23.9 Å². The van der Waals surface area contributed by atoms with Crippen LogP contribution in [0.15, 0.2) is 24.3 Å². The van der Waals surface area contributed by atoms with Gasteiger partial charge in [-0.25, -0.2) is 0 Å². The largest absolute Gasteiger partial charge is 0.497 e. The lowest BCUT2D eigenvalue weighted by atomic mass is 10.2. The van der Waals surface area contributed by atoms with Crippen molar-refractivity contribution in [3.8, 4) is 5.75 Å². The highest BCUT2D eigenvalue weighted by atomic mass is 16.5. The van der Waals surface area contributed by atoms with Gasteiger partial charge in [0.25, 0.3) is 5.91 Å². The minimum absolute atomic E-state index is 0.0657. The number of amides is 1. The summed E-state index contributed by atoms with van der Waals surface area (Å²) in [4.78, 5) is 14.4. The first-order chi connectivity index (χ1) is 9.70. The maximum absolute atomic E-state index is 12.1.